The van der Waals surface area contributed by atoms with Gasteiger partial charge in [-0.3, -0.25) is 9.69 Å². The molecule has 1 heterocycles. The van der Waals surface area contributed by atoms with Gasteiger partial charge in [0.2, 0.25) is 0 Å². The molecule has 5 rings (SSSR count). The molecule has 0 bridgehead atoms. The Morgan fingerprint density at radius 1 is 0.846 bits per heavy atom. The van der Waals surface area contributed by atoms with Gasteiger partial charge in [0.25, 0.3) is 0 Å². The van der Waals surface area contributed by atoms with Crippen molar-refractivity contribution in [3.8, 4) is 0 Å². The van der Waals surface area contributed by atoms with Crippen LogP contribution >= 0.6 is 34.5 Å². The number of nitrogen functional groups attached to an aromatic ring is 1. The molecule has 2 N–H and O–H groups in total. The summed E-state index contributed by atoms with van der Waals surface area (Å²) in [7, 11) is 0. The van der Waals surface area contributed by atoms with Crippen LogP contribution in [0.5, 0.6) is 0 Å². The number of nitrogens with zero attached hydrogens (tertiary/aromatic N) is 1. The number of hydrogen-bond donors (Lipinski definition) is 1. The van der Waals surface area contributed by atoms with Crippen LogP contribution in [0.15, 0.2) is 54.6 Å². The normalized spacial score (nSPS) is 17.3. The molecule has 0 radical (unpaired) electrons. The molecule has 2 aliphatic rings. The predicted octanol–water partition coefficient (Wildman–Crippen LogP) is 9.59. The van der Waals surface area contributed by atoms with Crippen LogP contribution in [0.4, 0.5) is 5.00 Å². The van der Waals surface area contributed by atoms with Gasteiger partial charge in [-0.05, 0) is 85.7 Å². The Bertz CT molecular complexity index is 1250. The first-order valence-corrected chi connectivity index (χ1v) is 15.9. The van der Waals surface area contributed by atoms with E-state index in [4.69, 9.17) is 28.9 Å². The quantitative estimate of drug-likeness (QED) is 0.256. The van der Waals surface area contributed by atoms with E-state index in [2.05, 4.69) is 29.2 Å². The third kappa shape index (κ3) is 7.16. The fourth-order valence-corrected chi connectivity index (χ4v) is 7.54. The lowest BCUT2D eigenvalue weighted by Gasteiger charge is -2.42. The van der Waals surface area contributed by atoms with Crippen molar-refractivity contribution in [2.75, 3.05) is 5.73 Å². The number of benzene rings is 2. The van der Waals surface area contributed by atoms with Crippen molar-refractivity contribution >= 4 is 51.4 Å². The third-order valence-electron chi connectivity index (χ3n) is 8.36. The van der Waals surface area contributed by atoms with Gasteiger partial charge in [0.1, 0.15) is 0 Å². The first-order chi connectivity index (χ1) is 19.0. The van der Waals surface area contributed by atoms with Crippen molar-refractivity contribution in [2.24, 2.45) is 0 Å². The van der Waals surface area contributed by atoms with Crippen molar-refractivity contribution in [3.63, 3.8) is 0 Å². The summed E-state index contributed by atoms with van der Waals surface area (Å²) < 4.78 is 0. The van der Waals surface area contributed by atoms with Crippen LogP contribution in [0.1, 0.15) is 96.1 Å². The highest BCUT2D eigenvalue weighted by molar-refractivity contribution is 7.17. The first kappa shape index (κ1) is 28.4. The Hall–Kier alpha value is -2.11. The summed E-state index contributed by atoms with van der Waals surface area (Å²) in [6.07, 6.45) is 18.0. The predicted molar refractivity (Wildman–Crippen MR) is 167 cm³/mol. The van der Waals surface area contributed by atoms with Crippen molar-refractivity contribution < 1.29 is 4.79 Å². The molecule has 0 atom stereocenters. The minimum Gasteiger partial charge on any atom is -0.390 e. The maximum atomic E-state index is 13.9. The van der Waals surface area contributed by atoms with Crippen molar-refractivity contribution in [3.05, 3.63) is 91.8 Å². The number of ketones is 1. The Labute approximate surface area is 247 Å². The van der Waals surface area contributed by atoms with Gasteiger partial charge in [0.15, 0.2) is 5.78 Å². The van der Waals surface area contributed by atoms with Gasteiger partial charge >= 0.3 is 0 Å². The number of rotatable bonds is 9. The molecule has 0 spiro atoms. The van der Waals surface area contributed by atoms with E-state index < -0.39 is 0 Å². The molecular formula is C33H38Cl2N2OS. The molecule has 0 unspecified atom stereocenters. The zero-order chi connectivity index (χ0) is 27.2. The van der Waals surface area contributed by atoms with Crippen molar-refractivity contribution in [1.29, 1.82) is 0 Å². The van der Waals surface area contributed by atoms with Crippen LogP contribution in [0.2, 0.25) is 10.0 Å². The molecule has 206 valence electrons. The molecule has 3 nitrogen and oxygen atoms in total. The zero-order valence-electron chi connectivity index (χ0n) is 22.5. The molecule has 2 aromatic carbocycles. The SMILES string of the molecule is Nc1sc(/C=C/Cc2ccc(Cl)cc2)c(CN(C2CCCCC2)C2CCCCC2)c1C(=O)c1ccc(Cl)cc1. The summed E-state index contributed by atoms with van der Waals surface area (Å²) in [6.45, 7) is 0.776. The van der Waals surface area contributed by atoms with E-state index in [0.29, 0.717) is 33.2 Å². The molecule has 0 amide bonds. The number of carbonyl (C=O) groups excluding carboxylic acids is 1. The molecule has 6 heteroatoms. The Morgan fingerprint density at radius 3 is 1.95 bits per heavy atom. The fraction of sp³-hybridized carbons (Fsp3) is 0.424. The summed E-state index contributed by atoms with van der Waals surface area (Å²) in [6, 6.07) is 16.3. The van der Waals surface area contributed by atoms with Crippen molar-refractivity contribution in [1.82, 2.24) is 4.90 Å². The van der Waals surface area contributed by atoms with Crippen LogP contribution in [0.3, 0.4) is 0 Å². The van der Waals surface area contributed by atoms with Crippen LogP contribution in [-0.2, 0) is 13.0 Å². The van der Waals surface area contributed by atoms with Gasteiger partial charge < -0.3 is 5.73 Å². The maximum Gasteiger partial charge on any atom is 0.196 e. The molecule has 1 aromatic heterocycles. The number of nitrogens with two attached hydrogens (primary N) is 1. The number of thiophene rings is 1. The van der Waals surface area contributed by atoms with Crippen LogP contribution in [0.25, 0.3) is 6.08 Å². The lowest BCUT2D eigenvalue weighted by atomic mass is 9.87. The summed E-state index contributed by atoms with van der Waals surface area (Å²) in [5, 5.41) is 1.96. The summed E-state index contributed by atoms with van der Waals surface area (Å²) in [5.41, 5.74) is 10.2. The van der Waals surface area contributed by atoms with E-state index in [-0.39, 0.29) is 5.78 Å². The van der Waals surface area contributed by atoms with E-state index in [1.54, 1.807) is 12.1 Å². The maximum absolute atomic E-state index is 13.9. The molecule has 0 aliphatic heterocycles. The molecule has 2 aliphatic carbocycles. The lowest BCUT2D eigenvalue weighted by molar-refractivity contribution is 0.0726. The van der Waals surface area contributed by atoms with Crippen LogP contribution in [-0.4, -0.2) is 22.8 Å². The molecule has 2 saturated carbocycles. The largest absolute Gasteiger partial charge is 0.390 e. The topological polar surface area (TPSA) is 46.3 Å². The minimum absolute atomic E-state index is 0.0139. The second-order valence-electron chi connectivity index (χ2n) is 11.0. The van der Waals surface area contributed by atoms with Gasteiger partial charge in [-0.1, -0.05) is 79.9 Å². The molecule has 2 fully saturated rings. The molecule has 0 saturated heterocycles. The lowest BCUT2D eigenvalue weighted by Crippen LogP contribution is -2.44. The number of allylic oxidation sites excluding steroid dienone is 1. The minimum atomic E-state index is -0.0139. The van der Waals surface area contributed by atoms with Crippen LogP contribution < -0.4 is 5.73 Å². The monoisotopic (exact) mass is 580 g/mol. The second kappa shape index (κ2) is 13.5. The third-order valence-corrected chi connectivity index (χ3v) is 9.89. The second-order valence-corrected chi connectivity index (χ2v) is 13.0. The van der Waals surface area contributed by atoms with E-state index in [1.807, 2.05) is 24.3 Å². The average Bonchev–Trinajstić information content (AvgIpc) is 3.28. The fourth-order valence-electron chi connectivity index (χ4n) is 6.28. The van der Waals surface area contributed by atoms with Gasteiger partial charge in [-0.15, -0.1) is 11.3 Å². The van der Waals surface area contributed by atoms with Gasteiger partial charge in [0, 0.05) is 39.1 Å². The zero-order valence-corrected chi connectivity index (χ0v) is 24.8. The smallest absolute Gasteiger partial charge is 0.196 e. The number of carbonyl (C=O) groups is 1. The van der Waals surface area contributed by atoms with Crippen molar-refractivity contribution in [2.45, 2.75) is 89.3 Å². The van der Waals surface area contributed by atoms with E-state index in [1.165, 1.54) is 81.1 Å². The number of halogens is 2. The van der Waals surface area contributed by atoms with Gasteiger partial charge in [-0.25, -0.2) is 0 Å². The summed E-state index contributed by atoms with van der Waals surface area (Å²) >= 11 is 13.7. The Kier molecular flexibility index (Phi) is 9.84. The highest BCUT2D eigenvalue weighted by atomic mass is 35.5. The average molecular weight is 582 g/mol. The highest BCUT2D eigenvalue weighted by Gasteiger charge is 2.32. The Morgan fingerprint density at radius 2 is 1.38 bits per heavy atom. The summed E-state index contributed by atoms with van der Waals surface area (Å²) in [5.74, 6) is -0.0139. The van der Waals surface area contributed by atoms with E-state index in [0.717, 1.165) is 28.4 Å². The molecule has 3 aromatic rings. The molecular weight excluding hydrogens is 543 g/mol. The van der Waals surface area contributed by atoms with Gasteiger partial charge in [-0.2, -0.15) is 0 Å². The first-order valence-electron chi connectivity index (χ1n) is 14.4. The number of hydrogen-bond acceptors (Lipinski definition) is 4. The van der Waals surface area contributed by atoms with Crippen LogP contribution in [0, 0.1) is 0 Å². The van der Waals surface area contributed by atoms with Gasteiger partial charge in [0.05, 0.1) is 10.6 Å². The van der Waals surface area contributed by atoms with E-state index >= 15 is 0 Å². The van der Waals surface area contributed by atoms with E-state index in [9.17, 15) is 4.79 Å². The Balaban J connectivity index is 1.50. The summed E-state index contributed by atoms with van der Waals surface area (Å²) in [4.78, 5) is 17.8. The molecule has 39 heavy (non-hydrogen) atoms. The highest BCUT2D eigenvalue weighted by Crippen LogP contribution is 2.38. The standard InChI is InChI=1S/C33H38Cl2N2OS/c34-25-18-14-23(15-19-25)8-7-13-30-29(31(33(36)39-30)32(38)24-16-20-26(35)21-17-24)22-37(27-9-3-1-4-10-27)28-11-5-2-6-12-28/h7,13-21,27-28H,1-6,8-12,22,36H2/b13-7+. The number of anilines is 1.